The van der Waals surface area contributed by atoms with Gasteiger partial charge < -0.3 is 24.6 Å². The Morgan fingerprint density at radius 2 is 1.04 bits per heavy atom. The Kier molecular flexibility index (Phi) is 33.9. The van der Waals surface area contributed by atoms with Crippen LogP contribution in [0.3, 0.4) is 0 Å². The Labute approximate surface area is 303 Å². The highest BCUT2D eigenvalue weighted by Gasteiger charge is 2.27. The summed E-state index contributed by atoms with van der Waals surface area (Å²) in [5.74, 6) is -0.986. The molecular formula is C39H69O10P. The number of aliphatic hydroxyl groups excluding tert-OH is 2. The van der Waals surface area contributed by atoms with Crippen molar-refractivity contribution in [3.63, 3.8) is 0 Å². The smallest absolute Gasteiger partial charge is 0.462 e. The maximum absolute atomic E-state index is 12.5. The van der Waals surface area contributed by atoms with Crippen LogP contribution in [-0.2, 0) is 32.7 Å². The van der Waals surface area contributed by atoms with Crippen molar-refractivity contribution in [3.05, 3.63) is 48.6 Å². The molecule has 3 atom stereocenters. The van der Waals surface area contributed by atoms with Crippen molar-refractivity contribution in [1.82, 2.24) is 0 Å². The fraction of sp³-hybridized carbons (Fsp3) is 0.744. The zero-order valence-corrected chi connectivity index (χ0v) is 32.0. The molecule has 50 heavy (non-hydrogen) atoms. The van der Waals surface area contributed by atoms with Crippen molar-refractivity contribution in [3.8, 4) is 0 Å². The van der Waals surface area contributed by atoms with Gasteiger partial charge in [-0.1, -0.05) is 107 Å². The average Bonchev–Trinajstić information content (AvgIpc) is 3.10. The van der Waals surface area contributed by atoms with Crippen LogP contribution in [0.15, 0.2) is 48.6 Å². The molecule has 11 heteroatoms. The lowest BCUT2D eigenvalue weighted by Crippen LogP contribution is -2.29. The largest absolute Gasteiger partial charge is 0.472 e. The Bertz CT molecular complexity index is 978. The van der Waals surface area contributed by atoms with Crippen LogP contribution in [0.4, 0.5) is 0 Å². The monoisotopic (exact) mass is 728 g/mol. The van der Waals surface area contributed by atoms with Gasteiger partial charge in [-0.3, -0.25) is 18.6 Å². The number of phosphoric acid groups is 1. The fourth-order valence-corrected chi connectivity index (χ4v) is 5.49. The second-order valence-corrected chi connectivity index (χ2v) is 14.0. The van der Waals surface area contributed by atoms with E-state index in [0.717, 1.165) is 70.6 Å². The number of rotatable bonds is 35. The van der Waals surface area contributed by atoms with Gasteiger partial charge >= 0.3 is 19.8 Å². The van der Waals surface area contributed by atoms with Gasteiger partial charge in [-0.05, 0) is 77.0 Å². The maximum atomic E-state index is 12.5. The molecule has 3 N–H and O–H groups in total. The summed E-state index contributed by atoms with van der Waals surface area (Å²) in [7, 11) is -4.62. The van der Waals surface area contributed by atoms with Crippen LogP contribution in [0.1, 0.15) is 149 Å². The van der Waals surface area contributed by atoms with E-state index in [-0.39, 0.29) is 19.4 Å². The molecule has 0 spiro atoms. The third-order valence-corrected chi connectivity index (χ3v) is 8.66. The van der Waals surface area contributed by atoms with Crippen LogP contribution in [0.5, 0.6) is 0 Å². The van der Waals surface area contributed by atoms with Crippen molar-refractivity contribution >= 4 is 19.8 Å². The van der Waals surface area contributed by atoms with E-state index in [1.54, 1.807) is 0 Å². The van der Waals surface area contributed by atoms with Gasteiger partial charge in [0, 0.05) is 12.8 Å². The van der Waals surface area contributed by atoms with Crippen LogP contribution in [-0.4, -0.2) is 65.7 Å². The first-order valence-corrected chi connectivity index (χ1v) is 20.6. The lowest BCUT2D eigenvalue weighted by Gasteiger charge is -2.20. The molecule has 290 valence electrons. The van der Waals surface area contributed by atoms with E-state index >= 15 is 0 Å². The Balaban J connectivity index is 4.47. The number of ether oxygens (including phenoxy) is 2. The molecule has 0 aromatic heterocycles. The predicted octanol–water partition coefficient (Wildman–Crippen LogP) is 9.38. The average molecular weight is 729 g/mol. The van der Waals surface area contributed by atoms with Crippen molar-refractivity contribution < 1.29 is 47.8 Å². The molecule has 1 unspecified atom stereocenters. The minimum atomic E-state index is -4.62. The molecule has 0 saturated carbocycles. The highest BCUT2D eigenvalue weighted by molar-refractivity contribution is 7.47. The Hall–Kier alpha value is -2.07. The van der Waals surface area contributed by atoms with E-state index in [9.17, 15) is 24.2 Å². The van der Waals surface area contributed by atoms with Crippen LogP contribution < -0.4 is 0 Å². The van der Waals surface area contributed by atoms with Gasteiger partial charge in [-0.15, -0.1) is 0 Å². The molecule has 0 fully saturated rings. The van der Waals surface area contributed by atoms with Gasteiger partial charge in [-0.2, -0.15) is 0 Å². The summed E-state index contributed by atoms with van der Waals surface area (Å²) in [5, 5.41) is 18.3. The summed E-state index contributed by atoms with van der Waals surface area (Å²) >= 11 is 0. The van der Waals surface area contributed by atoms with Crippen LogP contribution in [0.2, 0.25) is 0 Å². The second-order valence-electron chi connectivity index (χ2n) is 12.6. The fourth-order valence-electron chi connectivity index (χ4n) is 4.70. The molecule has 0 aromatic rings. The van der Waals surface area contributed by atoms with Crippen molar-refractivity contribution in [2.75, 3.05) is 26.4 Å². The number of aliphatic hydroxyl groups is 2. The molecule has 0 aliphatic heterocycles. The van der Waals surface area contributed by atoms with E-state index in [4.69, 9.17) is 19.1 Å². The van der Waals surface area contributed by atoms with Crippen LogP contribution in [0, 0.1) is 0 Å². The van der Waals surface area contributed by atoms with Crippen LogP contribution in [0.25, 0.3) is 0 Å². The molecule has 0 saturated heterocycles. The Morgan fingerprint density at radius 3 is 1.62 bits per heavy atom. The van der Waals surface area contributed by atoms with E-state index in [0.29, 0.717) is 12.8 Å². The van der Waals surface area contributed by atoms with E-state index in [2.05, 4.69) is 67.0 Å². The van der Waals surface area contributed by atoms with E-state index < -0.39 is 51.8 Å². The number of phosphoric ester groups is 1. The molecule has 0 aliphatic carbocycles. The van der Waals surface area contributed by atoms with Gasteiger partial charge in [0.05, 0.1) is 19.8 Å². The minimum Gasteiger partial charge on any atom is -0.462 e. The third kappa shape index (κ3) is 34.4. The first kappa shape index (κ1) is 47.9. The summed E-state index contributed by atoms with van der Waals surface area (Å²) in [6, 6.07) is 0. The molecule has 0 rings (SSSR count). The zero-order chi connectivity index (χ0) is 37.0. The van der Waals surface area contributed by atoms with Gasteiger partial charge in [0.2, 0.25) is 0 Å². The van der Waals surface area contributed by atoms with Crippen molar-refractivity contribution in [2.24, 2.45) is 0 Å². The summed E-state index contributed by atoms with van der Waals surface area (Å²) in [6.07, 6.45) is 35.1. The number of allylic oxidation sites excluding steroid dienone is 8. The number of hydrogen-bond acceptors (Lipinski definition) is 9. The molecule has 0 amide bonds. The van der Waals surface area contributed by atoms with Crippen molar-refractivity contribution in [2.45, 2.75) is 161 Å². The highest BCUT2D eigenvalue weighted by Crippen LogP contribution is 2.43. The predicted molar refractivity (Wildman–Crippen MR) is 201 cm³/mol. The number of esters is 2. The summed E-state index contributed by atoms with van der Waals surface area (Å²) in [4.78, 5) is 34.8. The molecule has 0 radical (unpaired) electrons. The number of carbonyl (C=O) groups is 2. The number of unbranched alkanes of at least 4 members (excludes halogenated alkanes) is 13. The minimum absolute atomic E-state index is 0.132. The quantitative estimate of drug-likeness (QED) is 0.0249. The summed E-state index contributed by atoms with van der Waals surface area (Å²) in [5.41, 5.74) is 0. The summed E-state index contributed by atoms with van der Waals surface area (Å²) < 4.78 is 32.5. The van der Waals surface area contributed by atoms with E-state index in [1.165, 1.54) is 38.5 Å². The molecule has 0 heterocycles. The standard InChI is InChI=1S/C39H69O10P/c1-3-5-7-9-11-13-15-17-18-19-21-23-25-27-29-31-39(43)49-37(35-48-50(44,45)47-33-36(41)32-40)34-46-38(42)30-28-26-24-22-20-16-14-12-10-8-6-4-2/h11-14,17-18,21,23,36-37,40-41H,3-10,15-16,19-20,22,24-35H2,1-2H3,(H,44,45)/b13-11+,14-12+,18-17+,23-21+/t36-,37+/m0/s1. The normalized spacial score (nSPS) is 14.6. The van der Waals surface area contributed by atoms with Gasteiger partial charge in [0.25, 0.3) is 0 Å². The van der Waals surface area contributed by atoms with Crippen molar-refractivity contribution in [1.29, 1.82) is 0 Å². The van der Waals surface area contributed by atoms with E-state index in [1.807, 2.05) is 0 Å². The topological polar surface area (TPSA) is 149 Å². The third-order valence-electron chi connectivity index (χ3n) is 7.71. The molecule has 10 nitrogen and oxygen atoms in total. The van der Waals surface area contributed by atoms with Gasteiger partial charge in [0.15, 0.2) is 6.10 Å². The summed E-state index contributed by atoms with van der Waals surface area (Å²) in [6.45, 7) is 2.24. The maximum Gasteiger partial charge on any atom is 0.472 e. The Morgan fingerprint density at radius 1 is 0.600 bits per heavy atom. The SMILES string of the molecule is CCCCC/C=C/C/C=C/C/C=C/CCCCC(=O)O[C@H](COC(=O)CCCCCCC/C=C/CCCCC)COP(=O)(O)OC[C@@H](O)CO. The molecule has 0 aromatic carbocycles. The second kappa shape index (κ2) is 35.3. The zero-order valence-electron chi connectivity index (χ0n) is 31.1. The molecule has 0 bridgehead atoms. The van der Waals surface area contributed by atoms with Gasteiger partial charge in [-0.25, -0.2) is 4.57 Å². The molecule has 0 aliphatic rings. The first-order chi connectivity index (χ1) is 24.2. The first-order valence-electron chi connectivity index (χ1n) is 19.1. The lowest BCUT2D eigenvalue weighted by molar-refractivity contribution is -0.161. The highest BCUT2D eigenvalue weighted by atomic mass is 31.2. The van der Waals surface area contributed by atoms with Gasteiger partial charge in [0.1, 0.15) is 12.7 Å². The number of carbonyl (C=O) groups excluding carboxylic acids is 2. The number of hydrogen-bond donors (Lipinski definition) is 3. The molecular weight excluding hydrogens is 659 g/mol. The van der Waals surface area contributed by atoms with Crippen LogP contribution >= 0.6 is 7.82 Å². The lowest BCUT2D eigenvalue weighted by atomic mass is 10.1.